The fraction of sp³-hybridized carbons (Fsp3) is 0.692. The first kappa shape index (κ1) is 12.3. The third-order valence-electron chi connectivity index (χ3n) is 2.86. The van der Waals surface area contributed by atoms with Gasteiger partial charge in [0, 0.05) is 18.0 Å². The molecule has 2 heteroatoms. The molecule has 0 saturated carbocycles. The van der Waals surface area contributed by atoms with Crippen LogP contribution in [0.2, 0.25) is 0 Å². The molecule has 0 spiro atoms. The normalized spacial score (nSPS) is 13.4. The Hall–Kier alpha value is -0.760. The third kappa shape index (κ3) is 3.38. The van der Waals surface area contributed by atoms with Gasteiger partial charge < -0.3 is 9.73 Å². The van der Waals surface area contributed by atoms with E-state index in [4.69, 9.17) is 4.42 Å². The smallest absolute Gasteiger partial charge is 0.108 e. The summed E-state index contributed by atoms with van der Waals surface area (Å²) >= 11 is 0. The van der Waals surface area contributed by atoms with E-state index in [0.29, 0.717) is 6.04 Å². The molecule has 0 bridgehead atoms. The second-order valence-electron chi connectivity index (χ2n) is 4.47. The lowest BCUT2D eigenvalue weighted by molar-refractivity contribution is 0.448. The molecule has 1 N–H and O–H groups in total. The summed E-state index contributed by atoms with van der Waals surface area (Å²) in [5.41, 5.74) is 1.33. The molecule has 15 heavy (non-hydrogen) atoms. The van der Waals surface area contributed by atoms with Gasteiger partial charge in [-0.1, -0.05) is 20.8 Å². The van der Waals surface area contributed by atoms with E-state index >= 15 is 0 Å². The number of rotatable bonds is 6. The van der Waals surface area contributed by atoms with Crippen LogP contribution in [-0.4, -0.2) is 7.05 Å². The van der Waals surface area contributed by atoms with Crippen molar-refractivity contribution in [3.05, 3.63) is 23.7 Å². The summed E-state index contributed by atoms with van der Waals surface area (Å²) in [6.45, 7) is 6.67. The van der Waals surface area contributed by atoms with Crippen LogP contribution in [0.5, 0.6) is 0 Å². The molecule has 0 amide bonds. The lowest BCUT2D eigenvalue weighted by Gasteiger charge is -2.17. The van der Waals surface area contributed by atoms with Gasteiger partial charge in [0.25, 0.3) is 0 Å². The molecule has 1 unspecified atom stereocenters. The fourth-order valence-corrected chi connectivity index (χ4v) is 1.90. The van der Waals surface area contributed by atoms with Crippen molar-refractivity contribution in [2.45, 2.75) is 46.1 Å². The summed E-state index contributed by atoms with van der Waals surface area (Å²) in [6, 6.07) is 2.54. The van der Waals surface area contributed by atoms with Crippen LogP contribution in [0, 0.1) is 5.92 Å². The van der Waals surface area contributed by atoms with Gasteiger partial charge in [0.05, 0.1) is 6.26 Å². The number of hydrogen-bond donors (Lipinski definition) is 1. The van der Waals surface area contributed by atoms with E-state index < -0.39 is 0 Å². The number of furan rings is 1. The van der Waals surface area contributed by atoms with Crippen LogP contribution in [-0.2, 0) is 6.42 Å². The van der Waals surface area contributed by atoms with Gasteiger partial charge in [0.15, 0.2) is 0 Å². The van der Waals surface area contributed by atoms with Crippen molar-refractivity contribution in [3.63, 3.8) is 0 Å². The van der Waals surface area contributed by atoms with E-state index in [2.05, 4.69) is 32.2 Å². The van der Waals surface area contributed by atoms with Crippen LogP contribution in [0.3, 0.4) is 0 Å². The molecular weight excluding hydrogens is 186 g/mol. The Morgan fingerprint density at radius 1 is 1.33 bits per heavy atom. The first-order valence-corrected chi connectivity index (χ1v) is 5.92. The molecule has 1 atom stereocenters. The van der Waals surface area contributed by atoms with Crippen LogP contribution >= 0.6 is 0 Å². The predicted octanol–water partition coefficient (Wildman–Crippen LogP) is 3.54. The van der Waals surface area contributed by atoms with Crippen molar-refractivity contribution in [2.75, 3.05) is 7.05 Å². The first-order valence-electron chi connectivity index (χ1n) is 5.92. The molecule has 0 aromatic carbocycles. The highest BCUT2D eigenvalue weighted by Crippen LogP contribution is 2.25. The van der Waals surface area contributed by atoms with Crippen molar-refractivity contribution in [3.8, 4) is 0 Å². The third-order valence-corrected chi connectivity index (χ3v) is 2.86. The van der Waals surface area contributed by atoms with E-state index in [1.54, 1.807) is 6.26 Å². The Balaban J connectivity index is 2.65. The second kappa shape index (κ2) is 5.96. The highest BCUT2D eigenvalue weighted by molar-refractivity contribution is 5.21. The van der Waals surface area contributed by atoms with E-state index in [-0.39, 0.29) is 0 Å². The van der Waals surface area contributed by atoms with Crippen LogP contribution in [0.15, 0.2) is 16.7 Å². The number of aryl methyl sites for hydroxylation is 1. The molecule has 1 aromatic heterocycles. The average molecular weight is 209 g/mol. The van der Waals surface area contributed by atoms with Gasteiger partial charge >= 0.3 is 0 Å². The second-order valence-corrected chi connectivity index (χ2v) is 4.47. The highest BCUT2D eigenvalue weighted by atomic mass is 16.3. The summed E-state index contributed by atoms with van der Waals surface area (Å²) in [6.07, 6.45) is 5.20. The van der Waals surface area contributed by atoms with Gasteiger partial charge in [-0.3, -0.25) is 0 Å². The Morgan fingerprint density at radius 2 is 2.07 bits per heavy atom. The molecule has 0 aliphatic rings. The lowest BCUT2D eigenvalue weighted by Crippen LogP contribution is -2.17. The Morgan fingerprint density at radius 3 is 2.60 bits per heavy atom. The van der Waals surface area contributed by atoms with Gasteiger partial charge in [0.2, 0.25) is 0 Å². The number of hydrogen-bond acceptors (Lipinski definition) is 2. The Labute approximate surface area is 93.1 Å². The van der Waals surface area contributed by atoms with Gasteiger partial charge in [-0.05, 0) is 31.9 Å². The first-order chi connectivity index (χ1) is 7.19. The maximum absolute atomic E-state index is 5.46. The summed E-state index contributed by atoms with van der Waals surface area (Å²) in [5, 5.41) is 3.37. The molecule has 0 aliphatic heterocycles. The van der Waals surface area contributed by atoms with Crippen molar-refractivity contribution < 1.29 is 4.42 Å². The zero-order valence-electron chi connectivity index (χ0n) is 10.3. The molecule has 86 valence electrons. The van der Waals surface area contributed by atoms with Crippen LogP contribution in [0.4, 0.5) is 0 Å². The molecule has 1 aromatic rings. The maximum Gasteiger partial charge on any atom is 0.108 e. The molecule has 1 rings (SSSR count). The van der Waals surface area contributed by atoms with Crippen LogP contribution < -0.4 is 5.32 Å². The summed E-state index contributed by atoms with van der Waals surface area (Å²) < 4.78 is 5.46. The topological polar surface area (TPSA) is 25.2 Å². The standard InChI is InChI=1S/C13H23NO/c1-5-13-11(8-9-15-13)12(14-4)7-6-10(2)3/h8-10,12,14H,5-7H2,1-4H3. The highest BCUT2D eigenvalue weighted by Gasteiger charge is 2.15. The molecule has 2 nitrogen and oxygen atoms in total. The van der Waals surface area contributed by atoms with Gasteiger partial charge in [-0.2, -0.15) is 0 Å². The molecular formula is C13H23NO. The van der Waals surface area contributed by atoms with E-state index in [9.17, 15) is 0 Å². The largest absolute Gasteiger partial charge is 0.469 e. The average Bonchev–Trinajstić information content (AvgIpc) is 2.66. The zero-order valence-corrected chi connectivity index (χ0v) is 10.3. The minimum absolute atomic E-state index is 0.445. The van der Waals surface area contributed by atoms with E-state index in [0.717, 1.165) is 18.1 Å². The van der Waals surface area contributed by atoms with Crippen molar-refractivity contribution in [2.24, 2.45) is 5.92 Å². The minimum Gasteiger partial charge on any atom is -0.469 e. The quantitative estimate of drug-likeness (QED) is 0.775. The molecule has 0 saturated heterocycles. The molecule has 0 fully saturated rings. The summed E-state index contributed by atoms with van der Waals surface area (Å²) in [4.78, 5) is 0. The van der Waals surface area contributed by atoms with Gasteiger partial charge in [0.1, 0.15) is 5.76 Å². The molecule has 0 radical (unpaired) electrons. The zero-order chi connectivity index (χ0) is 11.3. The minimum atomic E-state index is 0.445. The van der Waals surface area contributed by atoms with Crippen LogP contribution in [0.25, 0.3) is 0 Å². The summed E-state index contributed by atoms with van der Waals surface area (Å²) in [5.74, 6) is 1.89. The predicted molar refractivity (Wildman–Crippen MR) is 64.0 cm³/mol. The fourth-order valence-electron chi connectivity index (χ4n) is 1.90. The lowest BCUT2D eigenvalue weighted by atomic mass is 9.97. The Kier molecular flexibility index (Phi) is 4.89. The Bertz CT molecular complexity index is 278. The van der Waals surface area contributed by atoms with Crippen molar-refractivity contribution in [1.82, 2.24) is 5.32 Å². The SMILES string of the molecule is CCc1occc1C(CCC(C)C)NC. The van der Waals surface area contributed by atoms with Gasteiger partial charge in [-0.25, -0.2) is 0 Å². The van der Waals surface area contributed by atoms with E-state index in [1.165, 1.54) is 18.4 Å². The van der Waals surface area contributed by atoms with Crippen molar-refractivity contribution >= 4 is 0 Å². The molecule has 1 heterocycles. The maximum atomic E-state index is 5.46. The summed E-state index contributed by atoms with van der Waals surface area (Å²) in [7, 11) is 2.03. The van der Waals surface area contributed by atoms with Gasteiger partial charge in [-0.15, -0.1) is 0 Å². The van der Waals surface area contributed by atoms with E-state index in [1.807, 2.05) is 7.05 Å². The van der Waals surface area contributed by atoms with Crippen LogP contribution in [0.1, 0.15) is 51.0 Å². The monoisotopic (exact) mass is 209 g/mol. The molecule has 0 aliphatic carbocycles. The van der Waals surface area contributed by atoms with Crippen molar-refractivity contribution in [1.29, 1.82) is 0 Å². The number of nitrogens with one attached hydrogen (secondary N) is 1.